The minimum Gasteiger partial charge on any atom is -0.496 e. The first-order valence-electron chi connectivity index (χ1n) is 10.4. The predicted molar refractivity (Wildman–Crippen MR) is 114 cm³/mol. The normalized spacial score (nSPS) is 27.6. The average molecular weight is 538 g/mol. The summed E-state index contributed by atoms with van der Waals surface area (Å²) in [5, 5.41) is 3.59. The van der Waals surface area contributed by atoms with Crippen LogP contribution in [0.25, 0.3) is 0 Å². The number of pyridine rings is 1. The van der Waals surface area contributed by atoms with Crippen LogP contribution in [0, 0.1) is 5.92 Å². The van der Waals surface area contributed by atoms with Gasteiger partial charge in [-0.1, -0.05) is 13.0 Å². The zero-order chi connectivity index (χ0) is 26.7. The second-order valence-electron chi connectivity index (χ2n) is 8.52. The van der Waals surface area contributed by atoms with Crippen molar-refractivity contribution in [1.82, 2.24) is 4.98 Å². The summed E-state index contributed by atoms with van der Waals surface area (Å²) >= 11 is 0. The van der Waals surface area contributed by atoms with E-state index in [-0.39, 0.29) is 27.6 Å². The Kier molecular flexibility index (Phi) is 6.19. The Morgan fingerprint density at radius 2 is 1.83 bits per heavy atom. The number of ether oxygens (including phenoxy) is 3. The summed E-state index contributed by atoms with van der Waals surface area (Å²) in [6.07, 6.45) is -8.93. The second kappa shape index (κ2) is 8.54. The van der Waals surface area contributed by atoms with Crippen molar-refractivity contribution in [3.05, 3.63) is 53.3 Å². The standard InChI is InChI=1S/C22H20F6N2O5S/c1-11-18(13-5-4-12(8-16(13)33-3)34-22(26,27)28)19(35-20(11,2)21(23,24)25)15-10-36(31,32)17-9-29-7-6-14(17)30-15/h4-11,18-19,30H,1-3H3/t11-,18-,19-,20+/m0/s1. The monoisotopic (exact) mass is 538 g/mol. The van der Waals surface area contributed by atoms with Crippen molar-refractivity contribution in [2.45, 2.75) is 48.9 Å². The number of nitrogens with one attached hydrogen (secondary N) is 1. The molecule has 0 unspecified atom stereocenters. The van der Waals surface area contributed by atoms with Crippen molar-refractivity contribution in [3.63, 3.8) is 0 Å². The number of hydrogen-bond donors (Lipinski definition) is 1. The van der Waals surface area contributed by atoms with Crippen LogP contribution in [0.2, 0.25) is 0 Å². The lowest BCUT2D eigenvalue weighted by atomic mass is 9.76. The van der Waals surface area contributed by atoms with E-state index in [0.29, 0.717) is 0 Å². The van der Waals surface area contributed by atoms with Gasteiger partial charge in [-0.25, -0.2) is 8.42 Å². The smallest absolute Gasteiger partial charge is 0.496 e. The zero-order valence-corrected chi connectivity index (χ0v) is 19.8. The summed E-state index contributed by atoms with van der Waals surface area (Å²) in [6, 6.07) is 4.34. The highest BCUT2D eigenvalue weighted by atomic mass is 32.2. The first kappa shape index (κ1) is 26.1. The van der Waals surface area contributed by atoms with Crippen molar-refractivity contribution in [2.24, 2.45) is 5.92 Å². The van der Waals surface area contributed by atoms with Crippen LogP contribution in [0.4, 0.5) is 32.0 Å². The Morgan fingerprint density at radius 1 is 1.14 bits per heavy atom. The van der Waals surface area contributed by atoms with E-state index in [0.717, 1.165) is 43.8 Å². The number of benzene rings is 1. The van der Waals surface area contributed by atoms with Crippen molar-refractivity contribution >= 4 is 15.5 Å². The van der Waals surface area contributed by atoms with Gasteiger partial charge in [0, 0.05) is 35.9 Å². The molecule has 36 heavy (non-hydrogen) atoms. The second-order valence-corrected chi connectivity index (χ2v) is 10.3. The third kappa shape index (κ3) is 4.47. The largest absolute Gasteiger partial charge is 0.573 e. The van der Waals surface area contributed by atoms with Crippen molar-refractivity contribution in [1.29, 1.82) is 0 Å². The van der Waals surface area contributed by atoms with Crippen molar-refractivity contribution in [2.75, 3.05) is 12.4 Å². The first-order valence-corrected chi connectivity index (χ1v) is 12.0. The molecule has 1 N–H and O–H groups in total. The Morgan fingerprint density at radius 3 is 2.44 bits per heavy atom. The summed E-state index contributed by atoms with van der Waals surface area (Å²) in [7, 11) is -2.95. The minimum absolute atomic E-state index is 0.0816. The number of methoxy groups -OCH3 is 1. The topological polar surface area (TPSA) is 86.8 Å². The van der Waals surface area contributed by atoms with Crippen LogP contribution >= 0.6 is 0 Å². The Bertz CT molecular complexity index is 1310. The third-order valence-corrected chi connectivity index (χ3v) is 7.93. The number of aromatic nitrogens is 1. The molecule has 3 heterocycles. The van der Waals surface area contributed by atoms with Gasteiger partial charge in [0.25, 0.3) is 0 Å². The van der Waals surface area contributed by atoms with Gasteiger partial charge in [0.1, 0.15) is 22.5 Å². The molecule has 1 aromatic heterocycles. The number of nitrogens with zero attached hydrogens (tertiary/aromatic N) is 1. The predicted octanol–water partition coefficient (Wildman–Crippen LogP) is 5.17. The van der Waals surface area contributed by atoms with Crippen LogP contribution in [0.5, 0.6) is 11.5 Å². The van der Waals surface area contributed by atoms with Gasteiger partial charge in [0.05, 0.1) is 23.9 Å². The van der Waals surface area contributed by atoms with Crippen LogP contribution in [-0.4, -0.2) is 44.8 Å². The molecule has 0 bridgehead atoms. The summed E-state index contributed by atoms with van der Waals surface area (Å²) in [5.74, 6) is -3.31. The highest BCUT2D eigenvalue weighted by molar-refractivity contribution is 7.94. The van der Waals surface area contributed by atoms with Gasteiger partial charge in [-0.2, -0.15) is 13.2 Å². The van der Waals surface area contributed by atoms with Crippen LogP contribution in [-0.2, 0) is 14.6 Å². The molecule has 2 aromatic rings. The Balaban J connectivity index is 1.85. The molecular formula is C22H20F6N2O5S. The number of anilines is 1. The fourth-order valence-corrected chi connectivity index (χ4v) is 5.78. The molecule has 4 rings (SSSR count). The van der Waals surface area contributed by atoms with Crippen LogP contribution < -0.4 is 14.8 Å². The molecule has 1 saturated heterocycles. The fourth-order valence-electron chi connectivity index (χ4n) is 4.49. The third-order valence-electron chi connectivity index (χ3n) is 6.42. The lowest BCUT2D eigenvalue weighted by molar-refractivity contribution is -0.274. The van der Waals surface area contributed by atoms with Gasteiger partial charge >= 0.3 is 12.5 Å². The van der Waals surface area contributed by atoms with E-state index in [1.54, 1.807) is 0 Å². The van der Waals surface area contributed by atoms with Gasteiger partial charge in [-0.05, 0) is 19.1 Å². The highest BCUT2D eigenvalue weighted by Gasteiger charge is 2.65. The van der Waals surface area contributed by atoms with Gasteiger partial charge in [-0.3, -0.25) is 4.98 Å². The molecule has 0 spiro atoms. The van der Waals surface area contributed by atoms with Crippen LogP contribution in [0.15, 0.2) is 52.7 Å². The SMILES string of the molecule is COc1cc(OC(F)(F)F)ccc1[C@H]1[C@H](C2=CS(=O)(=O)c3cnccc3N2)O[C@@](C)(C(F)(F)F)[C@H]1C. The lowest BCUT2D eigenvalue weighted by Crippen LogP contribution is -2.47. The minimum atomic E-state index is -5.00. The fraction of sp³-hybridized carbons (Fsp3) is 0.409. The molecule has 2 aliphatic heterocycles. The molecule has 7 nitrogen and oxygen atoms in total. The van der Waals surface area contributed by atoms with Gasteiger partial charge < -0.3 is 19.5 Å². The number of rotatable bonds is 4. The molecule has 1 aromatic carbocycles. The van der Waals surface area contributed by atoms with E-state index >= 15 is 0 Å². The maximum Gasteiger partial charge on any atom is 0.573 e. The summed E-state index contributed by atoms with van der Waals surface area (Å²) in [5.41, 5.74) is -2.72. The first-order chi connectivity index (χ1) is 16.6. The van der Waals surface area contributed by atoms with Gasteiger partial charge in [-0.15, -0.1) is 13.2 Å². The summed E-state index contributed by atoms with van der Waals surface area (Å²) in [4.78, 5) is 3.60. The molecule has 0 aliphatic carbocycles. The van der Waals surface area contributed by atoms with Crippen LogP contribution in [0.3, 0.4) is 0 Å². The molecule has 4 atom stereocenters. The number of halogens is 6. The Hall–Kier alpha value is -3.00. The van der Waals surface area contributed by atoms with E-state index in [1.165, 1.54) is 19.2 Å². The molecular weight excluding hydrogens is 518 g/mol. The molecule has 1 fully saturated rings. The van der Waals surface area contributed by atoms with E-state index in [4.69, 9.17) is 9.47 Å². The van der Waals surface area contributed by atoms with E-state index in [1.807, 2.05) is 0 Å². The van der Waals surface area contributed by atoms with E-state index in [9.17, 15) is 34.8 Å². The van der Waals surface area contributed by atoms with E-state index < -0.39 is 51.7 Å². The molecule has 2 aliphatic rings. The lowest BCUT2D eigenvalue weighted by Gasteiger charge is -2.32. The van der Waals surface area contributed by atoms with Gasteiger partial charge in [0.2, 0.25) is 9.84 Å². The van der Waals surface area contributed by atoms with Gasteiger partial charge in [0.15, 0.2) is 5.60 Å². The molecule has 0 saturated carbocycles. The quantitative estimate of drug-likeness (QED) is 0.538. The number of sulfone groups is 1. The van der Waals surface area contributed by atoms with Crippen LogP contribution in [0.1, 0.15) is 25.3 Å². The Labute approximate surface area is 202 Å². The number of alkyl halides is 6. The molecule has 196 valence electrons. The number of hydrogen-bond acceptors (Lipinski definition) is 7. The highest BCUT2D eigenvalue weighted by Crippen LogP contribution is 2.56. The number of fused-ring (bicyclic) bond motifs is 1. The average Bonchev–Trinajstić information content (AvgIpc) is 3.04. The maximum atomic E-state index is 14.2. The van der Waals surface area contributed by atoms with Crippen molar-refractivity contribution in [3.8, 4) is 11.5 Å². The summed E-state index contributed by atoms with van der Waals surface area (Å²) < 4.78 is 121. The molecule has 14 heteroatoms. The van der Waals surface area contributed by atoms with Crippen molar-refractivity contribution < 1.29 is 49.0 Å². The molecule has 0 radical (unpaired) electrons. The zero-order valence-electron chi connectivity index (χ0n) is 18.9. The summed E-state index contributed by atoms with van der Waals surface area (Å²) in [6.45, 7) is 2.11. The molecule has 0 amide bonds. The van der Waals surface area contributed by atoms with E-state index in [2.05, 4.69) is 15.0 Å². The maximum absolute atomic E-state index is 14.2.